The highest BCUT2D eigenvalue weighted by molar-refractivity contribution is 7.91. The largest absolute Gasteiger partial charge is 0.496 e. The fourth-order valence-corrected chi connectivity index (χ4v) is 3.92. The highest BCUT2D eigenvalue weighted by Gasteiger charge is 2.21. The lowest BCUT2D eigenvalue weighted by atomic mass is 10.1. The van der Waals surface area contributed by atoms with Crippen LogP contribution in [0.1, 0.15) is 17.3 Å². The lowest BCUT2D eigenvalue weighted by Gasteiger charge is -2.13. The molecule has 0 heterocycles. The van der Waals surface area contributed by atoms with E-state index in [1.165, 1.54) is 12.1 Å². The molecule has 134 valence electrons. The quantitative estimate of drug-likeness (QED) is 0.740. The number of amides is 1. The number of rotatable bonds is 5. The van der Waals surface area contributed by atoms with Crippen LogP contribution in [0.15, 0.2) is 65.6 Å². The highest BCUT2D eigenvalue weighted by Crippen LogP contribution is 2.32. The summed E-state index contributed by atoms with van der Waals surface area (Å²) in [5, 5.41) is 4.51. The molecule has 0 unspecified atom stereocenters. The monoisotopic (exact) mass is 369 g/mol. The predicted molar refractivity (Wildman–Crippen MR) is 103 cm³/mol. The average Bonchev–Trinajstić information content (AvgIpc) is 2.68. The fourth-order valence-electron chi connectivity index (χ4n) is 2.83. The van der Waals surface area contributed by atoms with Crippen molar-refractivity contribution in [1.29, 1.82) is 0 Å². The first kappa shape index (κ1) is 17.9. The Kier molecular flexibility index (Phi) is 4.95. The number of ether oxygens (including phenoxy) is 1. The zero-order valence-electron chi connectivity index (χ0n) is 14.5. The lowest BCUT2D eigenvalue weighted by molar-refractivity contribution is 0.102. The summed E-state index contributed by atoms with van der Waals surface area (Å²) in [6.07, 6.45) is 0. The molecular formula is C20H19NO4S. The van der Waals surface area contributed by atoms with Gasteiger partial charge in [0.2, 0.25) is 0 Å². The van der Waals surface area contributed by atoms with Crippen LogP contribution in [0.3, 0.4) is 0 Å². The second-order valence-electron chi connectivity index (χ2n) is 5.71. The van der Waals surface area contributed by atoms with Gasteiger partial charge in [0, 0.05) is 16.5 Å². The van der Waals surface area contributed by atoms with E-state index in [0.29, 0.717) is 11.4 Å². The van der Waals surface area contributed by atoms with Crippen molar-refractivity contribution in [2.75, 3.05) is 18.2 Å². The molecule has 0 radical (unpaired) electrons. The van der Waals surface area contributed by atoms with Crippen molar-refractivity contribution in [3.8, 4) is 5.75 Å². The van der Waals surface area contributed by atoms with E-state index in [9.17, 15) is 13.2 Å². The maximum atomic E-state index is 12.8. The standard InChI is InChI=1S/C20H19NO4S/c1-3-26(23,24)19-11-7-6-10-16(19)20(22)21-17-12-13-18(25-2)15-9-5-4-8-14(15)17/h4-13H,3H2,1-2H3,(H,21,22). The summed E-state index contributed by atoms with van der Waals surface area (Å²) in [6, 6.07) is 17.3. The number of carbonyl (C=O) groups is 1. The second kappa shape index (κ2) is 7.17. The number of benzene rings is 3. The van der Waals surface area contributed by atoms with Crippen LogP contribution in [0.25, 0.3) is 10.8 Å². The van der Waals surface area contributed by atoms with Crippen LogP contribution in [-0.4, -0.2) is 27.2 Å². The van der Waals surface area contributed by atoms with Gasteiger partial charge in [0.1, 0.15) is 5.75 Å². The van der Waals surface area contributed by atoms with Gasteiger partial charge in [-0.25, -0.2) is 8.42 Å². The van der Waals surface area contributed by atoms with Crippen molar-refractivity contribution in [1.82, 2.24) is 0 Å². The number of nitrogens with one attached hydrogen (secondary N) is 1. The Morgan fingerprint density at radius 1 is 0.962 bits per heavy atom. The Labute approximate surface area is 152 Å². The number of methoxy groups -OCH3 is 1. The summed E-state index contributed by atoms with van der Waals surface area (Å²) >= 11 is 0. The van der Waals surface area contributed by atoms with Crippen LogP contribution >= 0.6 is 0 Å². The summed E-state index contributed by atoms with van der Waals surface area (Å²) in [5.74, 6) is 0.170. The Balaban J connectivity index is 2.04. The van der Waals surface area contributed by atoms with Crippen molar-refractivity contribution in [3.63, 3.8) is 0 Å². The van der Waals surface area contributed by atoms with E-state index in [-0.39, 0.29) is 16.2 Å². The molecule has 0 aliphatic rings. The molecule has 0 aromatic heterocycles. The molecule has 0 bridgehead atoms. The van der Waals surface area contributed by atoms with E-state index >= 15 is 0 Å². The molecule has 26 heavy (non-hydrogen) atoms. The van der Waals surface area contributed by atoms with E-state index in [1.807, 2.05) is 24.3 Å². The number of anilines is 1. The van der Waals surface area contributed by atoms with E-state index in [1.54, 1.807) is 38.3 Å². The Morgan fingerprint density at radius 3 is 2.31 bits per heavy atom. The van der Waals surface area contributed by atoms with E-state index in [4.69, 9.17) is 4.74 Å². The lowest BCUT2D eigenvalue weighted by Crippen LogP contribution is -2.17. The molecule has 3 aromatic rings. The minimum absolute atomic E-state index is 0.0396. The molecule has 0 saturated carbocycles. The number of hydrogen-bond donors (Lipinski definition) is 1. The molecular weight excluding hydrogens is 350 g/mol. The van der Waals surface area contributed by atoms with Gasteiger partial charge in [-0.1, -0.05) is 43.3 Å². The molecule has 0 aliphatic carbocycles. The summed E-state index contributed by atoms with van der Waals surface area (Å²) < 4.78 is 29.9. The molecule has 1 amide bonds. The smallest absolute Gasteiger partial charge is 0.257 e. The normalized spacial score (nSPS) is 11.3. The fraction of sp³-hybridized carbons (Fsp3) is 0.150. The van der Waals surface area contributed by atoms with E-state index in [0.717, 1.165) is 10.8 Å². The van der Waals surface area contributed by atoms with Crippen molar-refractivity contribution in [2.45, 2.75) is 11.8 Å². The Hall–Kier alpha value is -2.86. The van der Waals surface area contributed by atoms with Crippen LogP contribution in [0.5, 0.6) is 5.75 Å². The first-order valence-corrected chi connectivity index (χ1v) is 9.82. The maximum Gasteiger partial charge on any atom is 0.257 e. The molecule has 1 N–H and O–H groups in total. The third-order valence-corrected chi connectivity index (χ3v) is 5.99. The molecule has 3 rings (SSSR count). The van der Waals surface area contributed by atoms with Gasteiger partial charge in [0.05, 0.1) is 23.3 Å². The molecule has 5 nitrogen and oxygen atoms in total. The van der Waals surface area contributed by atoms with Gasteiger partial charge in [-0.2, -0.15) is 0 Å². The van der Waals surface area contributed by atoms with Crippen LogP contribution in [0.2, 0.25) is 0 Å². The molecule has 0 atom stereocenters. The van der Waals surface area contributed by atoms with Crippen molar-refractivity contribution in [2.24, 2.45) is 0 Å². The second-order valence-corrected chi connectivity index (χ2v) is 7.96. The van der Waals surface area contributed by atoms with Gasteiger partial charge in [-0.15, -0.1) is 0 Å². The van der Waals surface area contributed by atoms with Gasteiger partial charge < -0.3 is 10.1 Å². The third kappa shape index (κ3) is 3.28. The van der Waals surface area contributed by atoms with Crippen LogP contribution in [-0.2, 0) is 9.84 Å². The summed E-state index contributed by atoms with van der Waals surface area (Å²) in [4.78, 5) is 12.8. The molecule has 3 aromatic carbocycles. The number of carbonyl (C=O) groups excluding carboxylic acids is 1. The van der Waals surface area contributed by atoms with Crippen molar-refractivity contribution < 1.29 is 17.9 Å². The van der Waals surface area contributed by atoms with Crippen LogP contribution < -0.4 is 10.1 Å². The zero-order chi connectivity index (χ0) is 18.7. The molecule has 0 aliphatic heterocycles. The third-order valence-electron chi connectivity index (χ3n) is 4.20. The summed E-state index contributed by atoms with van der Waals surface area (Å²) in [6.45, 7) is 1.56. The van der Waals surface area contributed by atoms with Crippen molar-refractivity contribution >= 4 is 32.2 Å². The average molecular weight is 369 g/mol. The Morgan fingerprint density at radius 2 is 1.62 bits per heavy atom. The van der Waals surface area contributed by atoms with Gasteiger partial charge in [-0.05, 0) is 24.3 Å². The SMILES string of the molecule is CCS(=O)(=O)c1ccccc1C(=O)Nc1ccc(OC)c2ccccc12. The number of fused-ring (bicyclic) bond motifs is 1. The molecule has 0 spiro atoms. The Bertz CT molecular complexity index is 1070. The van der Waals surface area contributed by atoms with Gasteiger partial charge in [-0.3, -0.25) is 4.79 Å². The van der Waals surface area contributed by atoms with E-state index in [2.05, 4.69) is 5.32 Å². The molecule has 6 heteroatoms. The van der Waals surface area contributed by atoms with Gasteiger partial charge in [0.15, 0.2) is 9.84 Å². The van der Waals surface area contributed by atoms with Crippen molar-refractivity contribution in [3.05, 3.63) is 66.2 Å². The zero-order valence-corrected chi connectivity index (χ0v) is 15.3. The van der Waals surface area contributed by atoms with E-state index < -0.39 is 15.7 Å². The predicted octanol–water partition coefficient (Wildman–Crippen LogP) is 3.89. The summed E-state index contributed by atoms with van der Waals surface area (Å²) in [7, 11) is -1.91. The molecule has 0 fully saturated rings. The number of sulfone groups is 1. The minimum Gasteiger partial charge on any atom is -0.496 e. The first-order chi connectivity index (χ1) is 12.5. The first-order valence-electron chi connectivity index (χ1n) is 8.17. The van der Waals surface area contributed by atoms with Crippen LogP contribution in [0, 0.1) is 0 Å². The van der Waals surface area contributed by atoms with Crippen LogP contribution in [0.4, 0.5) is 5.69 Å². The maximum absolute atomic E-state index is 12.8. The minimum atomic E-state index is -3.50. The topological polar surface area (TPSA) is 72.5 Å². The number of hydrogen-bond acceptors (Lipinski definition) is 4. The highest BCUT2D eigenvalue weighted by atomic mass is 32.2. The molecule has 0 saturated heterocycles. The van der Waals surface area contributed by atoms with Gasteiger partial charge in [0.25, 0.3) is 5.91 Å². The van der Waals surface area contributed by atoms with Gasteiger partial charge >= 0.3 is 0 Å². The summed E-state index contributed by atoms with van der Waals surface area (Å²) in [5.41, 5.74) is 0.726.